The minimum absolute atomic E-state index is 0.540. The Morgan fingerprint density at radius 3 is 2.61 bits per heavy atom. The fraction of sp³-hybridized carbons (Fsp3) is 0.500. The molecular formula is C14H20N2O2. The number of hydrogen-bond donors (Lipinski definition) is 1. The fourth-order valence-corrected chi connectivity index (χ4v) is 1.86. The van der Waals surface area contributed by atoms with Crippen LogP contribution >= 0.6 is 0 Å². The van der Waals surface area contributed by atoms with E-state index in [1.165, 1.54) is 5.56 Å². The highest BCUT2D eigenvalue weighted by atomic mass is 16.5. The van der Waals surface area contributed by atoms with Gasteiger partial charge in [-0.05, 0) is 37.1 Å². The van der Waals surface area contributed by atoms with Crippen molar-refractivity contribution >= 4 is 0 Å². The fourth-order valence-electron chi connectivity index (χ4n) is 1.86. The lowest BCUT2D eigenvalue weighted by Gasteiger charge is -2.14. The molecule has 0 fully saturated rings. The topological polar surface area (TPSA) is 54.3 Å². The van der Waals surface area contributed by atoms with Gasteiger partial charge in [0.05, 0.1) is 20.3 Å². The average molecular weight is 248 g/mol. The Morgan fingerprint density at radius 2 is 2.00 bits per heavy atom. The summed E-state index contributed by atoms with van der Waals surface area (Å²) in [4.78, 5) is 0. The SMILES string of the molecule is COc1cc(C)c(CCNCCC#N)c(OC)c1. The quantitative estimate of drug-likeness (QED) is 0.750. The third kappa shape index (κ3) is 3.94. The van der Waals surface area contributed by atoms with E-state index in [9.17, 15) is 0 Å². The van der Waals surface area contributed by atoms with Crippen molar-refractivity contribution in [2.45, 2.75) is 19.8 Å². The van der Waals surface area contributed by atoms with Gasteiger partial charge in [0, 0.05) is 19.0 Å². The number of ether oxygens (including phenoxy) is 2. The van der Waals surface area contributed by atoms with Gasteiger partial charge in [-0.1, -0.05) is 0 Å². The molecule has 1 aromatic rings. The number of nitriles is 1. The molecule has 0 spiro atoms. The zero-order chi connectivity index (χ0) is 13.4. The summed E-state index contributed by atoms with van der Waals surface area (Å²) in [6.45, 7) is 3.62. The van der Waals surface area contributed by atoms with E-state index in [0.717, 1.165) is 36.6 Å². The number of nitrogens with one attached hydrogen (secondary N) is 1. The van der Waals surface area contributed by atoms with Crippen molar-refractivity contribution in [2.24, 2.45) is 0 Å². The summed E-state index contributed by atoms with van der Waals surface area (Å²) in [6, 6.07) is 6.02. The van der Waals surface area contributed by atoms with Gasteiger partial charge in [-0.3, -0.25) is 0 Å². The van der Waals surface area contributed by atoms with E-state index < -0.39 is 0 Å². The van der Waals surface area contributed by atoms with E-state index in [-0.39, 0.29) is 0 Å². The van der Waals surface area contributed by atoms with E-state index in [1.807, 2.05) is 12.1 Å². The summed E-state index contributed by atoms with van der Waals surface area (Å²) >= 11 is 0. The predicted molar refractivity (Wildman–Crippen MR) is 71.1 cm³/mol. The molecule has 0 unspecified atom stereocenters. The first-order valence-corrected chi connectivity index (χ1v) is 6.02. The Kier molecular flexibility index (Phi) is 6.03. The van der Waals surface area contributed by atoms with Crippen LogP contribution in [0.3, 0.4) is 0 Å². The van der Waals surface area contributed by atoms with Crippen LogP contribution in [0.2, 0.25) is 0 Å². The number of benzene rings is 1. The van der Waals surface area contributed by atoms with Crippen LogP contribution in [0.15, 0.2) is 12.1 Å². The highest BCUT2D eigenvalue weighted by Crippen LogP contribution is 2.28. The van der Waals surface area contributed by atoms with E-state index in [2.05, 4.69) is 18.3 Å². The highest BCUT2D eigenvalue weighted by molar-refractivity contribution is 5.46. The maximum Gasteiger partial charge on any atom is 0.126 e. The van der Waals surface area contributed by atoms with E-state index in [1.54, 1.807) is 14.2 Å². The van der Waals surface area contributed by atoms with Gasteiger partial charge in [0.1, 0.15) is 11.5 Å². The molecule has 0 saturated carbocycles. The minimum Gasteiger partial charge on any atom is -0.497 e. The zero-order valence-corrected chi connectivity index (χ0v) is 11.2. The van der Waals surface area contributed by atoms with Gasteiger partial charge in [0.2, 0.25) is 0 Å². The molecule has 0 bridgehead atoms. The third-order valence-electron chi connectivity index (χ3n) is 2.83. The van der Waals surface area contributed by atoms with E-state index >= 15 is 0 Å². The molecule has 18 heavy (non-hydrogen) atoms. The first kappa shape index (κ1) is 14.3. The Labute approximate surface area is 109 Å². The van der Waals surface area contributed by atoms with Crippen molar-refractivity contribution in [1.82, 2.24) is 5.32 Å². The van der Waals surface area contributed by atoms with Gasteiger partial charge in [-0.2, -0.15) is 5.26 Å². The Morgan fingerprint density at radius 1 is 1.22 bits per heavy atom. The van der Waals surface area contributed by atoms with Crippen LogP contribution < -0.4 is 14.8 Å². The second-order valence-corrected chi connectivity index (χ2v) is 4.03. The number of rotatable bonds is 7. The molecule has 4 heteroatoms. The van der Waals surface area contributed by atoms with Crippen LogP contribution in [0.4, 0.5) is 0 Å². The Balaban J connectivity index is 2.67. The Hall–Kier alpha value is -1.73. The monoisotopic (exact) mass is 248 g/mol. The maximum atomic E-state index is 8.44. The molecule has 0 aromatic heterocycles. The summed E-state index contributed by atoms with van der Waals surface area (Å²) in [7, 11) is 3.32. The van der Waals surface area contributed by atoms with Crippen molar-refractivity contribution in [1.29, 1.82) is 5.26 Å². The number of nitrogens with zero attached hydrogens (tertiary/aromatic N) is 1. The highest BCUT2D eigenvalue weighted by Gasteiger charge is 2.08. The molecule has 1 aromatic carbocycles. The van der Waals surface area contributed by atoms with Crippen LogP contribution in [0.1, 0.15) is 17.5 Å². The molecule has 0 amide bonds. The Bertz CT molecular complexity index is 425. The number of aryl methyl sites for hydroxylation is 1. The molecule has 4 nitrogen and oxygen atoms in total. The van der Waals surface area contributed by atoms with Crippen molar-refractivity contribution in [3.8, 4) is 17.6 Å². The summed E-state index contributed by atoms with van der Waals surface area (Å²) < 4.78 is 10.6. The van der Waals surface area contributed by atoms with Gasteiger partial charge < -0.3 is 14.8 Å². The molecule has 0 aliphatic rings. The molecule has 0 saturated heterocycles. The second-order valence-electron chi connectivity index (χ2n) is 4.03. The lowest BCUT2D eigenvalue weighted by Crippen LogP contribution is -2.18. The van der Waals surface area contributed by atoms with Crippen LogP contribution in [0.5, 0.6) is 11.5 Å². The summed E-state index contributed by atoms with van der Waals surface area (Å²) in [6.07, 6.45) is 1.42. The molecule has 0 aliphatic heterocycles. The average Bonchev–Trinajstić information content (AvgIpc) is 2.39. The molecule has 98 valence electrons. The molecule has 0 atom stereocenters. The van der Waals surface area contributed by atoms with Crippen LogP contribution in [-0.2, 0) is 6.42 Å². The lowest BCUT2D eigenvalue weighted by molar-refractivity contribution is 0.390. The van der Waals surface area contributed by atoms with Gasteiger partial charge in [0.25, 0.3) is 0 Å². The van der Waals surface area contributed by atoms with Crippen molar-refractivity contribution < 1.29 is 9.47 Å². The van der Waals surface area contributed by atoms with Gasteiger partial charge in [0.15, 0.2) is 0 Å². The first-order valence-electron chi connectivity index (χ1n) is 6.02. The standard InChI is InChI=1S/C14H20N2O2/c1-11-9-12(17-2)10-14(18-3)13(11)5-8-16-7-4-6-15/h9-10,16H,4-5,7-8H2,1-3H3. The largest absolute Gasteiger partial charge is 0.497 e. The molecule has 1 rings (SSSR count). The second kappa shape index (κ2) is 7.57. The smallest absolute Gasteiger partial charge is 0.126 e. The van der Waals surface area contributed by atoms with Crippen LogP contribution in [-0.4, -0.2) is 27.3 Å². The van der Waals surface area contributed by atoms with Gasteiger partial charge in [-0.25, -0.2) is 0 Å². The van der Waals surface area contributed by atoms with Crippen molar-refractivity contribution in [3.63, 3.8) is 0 Å². The summed E-state index contributed by atoms with van der Waals surface area (Å²) in [5.41, 5.74) is 2.34. The van der Waals surface area contributed by atoms with Crippen LogP contribution in [0.25, 0.3) is 0 Å². The van der Waals surface area contributed by atoms with Crippen molar-refractivity contribution in [2.75, 3.05) is 27.3 Å². The minimum atomic E-state index is 0.540. The van der Waals surface area contributed by atoms with E-state index in [0.29, 0.717) is 6.42 Å². The van der Waals surface area contributed by atoms with Crippen molar-refractivity contribution in [3.05, 3.63) is 23.3 Å². The van der Waals surface area contributed by atoms with Gasteiger partial charge >= 0.3 is 0 Å². The molecule has 0 aliphatic carbocycles. The molecule has 0 radical (unpaired) electrons. The summed E-state index contributed by atoms with van der Waals surface area (Å²) in [5, 5.41) is 11.7. The lowest BCUT2D eigenvalue weighted by atomic mass is 10.0. The van der Waals surface area contributed by atoms with Crippen LogP contribution in [0, 0.1) is 18.3 Å². The van der Waals surface area contributed by atoms with E-state index in [4.69, 9.17) is 14.7 Å². The normalized spacial score (nSPS) is 9.89. The third-order valence-corrected chi connectivity index (χ3v) is 2.83. The number of methoxy groups -OCH3 is 2. The number of hydrogen-bond acceptors (Lipinski definition) is 4. The predicted octanol–water partition coefficient (Wildman–Crippen LogP) is 2.06. The first-order chi connectivity index (χ1) is 8.72. The summed E-state index contributed by atoms with van der Waals surface area (Å²) in [5.74, 6) is 1.67. The molecular weight excluding hydrogens is 228 g/mol. The molecule has 1 N–H and O–H groups in total. The molecule has 0 heterocycles. The zero-order valence-electron chi connectivity index (χ0n) is 11.2. The van der Waals surface area contributed by atoms with Gasteiger partial charge in [-0.15, -0.1) is 0 Å². The maximum absolute atomic E-state index is 8.44.